The topological polar surface area (TPSA) is 98.8 Å². The van der Waals surface area contributed by atoms with Crippen molar-refractivity contribution in [2.24, 2.45) is 5.92 Å². The number of carbonyl (C=O) groups excluding carboxylic acids is 4. The van der Waals surface area contributed by atoms with Crippen molar-refractivity contribution in [3.05, 3.63) is 29.3 Å². The lowest BCUT2D eigenvalue weighted by molar-refractivity contribution is -0.136. The van der Waals surface area contributed by atoms with E-state index in [9.17, 15) is 19.2 Å². The highest BCUT2D eigenvalue weighted by Crippen LogP contribution is 2.32. The first kappa shape index (κ1) is 18.6. The molecule has 3 heterocycles. The van der Waals surface area contributed by atoms with Crippen LogP contribution in [0.4, 0.5) is 5.69 Å². The molecule has 0 aromatic heterocycles. The second-order valence-electron chi connectivity index (χ2n) is 7.67. The Morgan fingerprint density at radius 1 is 1.04 bits per heavy atom. The zero-order valence-corrected chi connectivity index (χ0v) is 15.9. The van der Waals surface area contributed by atoms with Gasteiger partial charge >= 0.3 is 0 Å². The van der Waals surface area contributed by atoms with Gasteiger partial charge in [0, 0.05) is 25.2 Å². The number of benzene rings is 1. The lowest BCUT2D eigenvalue weighted by Gasteiger charge is -2.33. The minimum absolute atomic E-state index is 0.122. The predicted octanol–water partition coefficient (Wildman–Crippen LogP) is 0.524. The fraction of sp³-hybridized carbons (Fsp3) is 0.500. The minimum atomic E-state index is -0.925. The molecular weight excluding hydrogens is 360 g/mol. The highest BCUT2D eigenvalue weighted by molar-refractivity contribution is 6.23. The van der Waals surface area contributed by atoms with E-state index in [1.165, 1.54) is 0 Å². The number of nitrogens with zero attached hydrogens (tertiary/aromatic N) is 2. The Morgan fingerprint density at radius 2 is 1.75 bits per heavy atom. The summed E-state index contributed by atoms with van der Waals surface area (Å²) >= 11 is 0. The van der Waals surface area contributed by atoms with Gasteiger partial charge in [-0.3, -0.25) is 29.4 Å². The van der Waals surface area contributed by atoms with Crippen LogP contribution in [0.25, 0.3) is 0 Å². The Morgan fingerprint density at radius 3 is 2.43 bits per heavy atom. The van der Waals surface area contributed by atoms with Crippen molar-refractivity contribution in [2.75, 3.05) is 31.6 Å². The fourth-order valence-electron chi connectivity index (χ4n) is 4.34. The molecule has 1 atom stereocenters. The van der Waals surface area contributed by atoms with E-state index in [2.05, 4.69) is 15.5 Å². The summed E-state index contributed by atoms with van der Waals surface area (Å²) in [5, 5.41) is 5.43. The first-order valence-corrected chi connectivity index (χ1v) is 9.74. The average Bonchev–Trinajstić information content (AvgIpc) is 2.93. The molecule has 8 nitrogen and oxygen atoms in total. The van der Waals surface area contributed by atoms with Gasteiger partial charge in [0.25, 0.3) is 11.8 Å². The molecule has 0 aliphatic carbocycles. The molecule has 8 heteroatoms. The molecule has 1 unspecified atom stereocenters. The van der Waals surface area contributed by atoms with E-state index in [1.54, 1.807) is 12.1 Å². The zero-order chi connectivity index (χ0) is 19.8. The lowest BCUT2D eigenvalue weighted by Crippen LogP contribution is -2.54. The van der Waals surface area contributed by atoms with E-state index < -0.39 is 23.8 Å². The highest BCUT2D eigenvalue weighted by Gasteiger charge is 2.44. The summed E-state index contributed by atoms with van der Waals surface area (Å²) < 4.78 is 0. The largest absolute Gasteiger partial charge is 0.371 e. The number of carbonyl (C=O) groups is 4. The lowest BCUT2D eigenvalue weighted by atomic mass is 9.96. The van der Waals surface area contributed by atoms with Crippen molar-refractivity contribution < 1.29 is 19.2 Å². The van der Waals surface area contributed by atoms with Crippen LogP contribution in [0, 0.1) is 5.92 Å². The van der Waals surface area contributed by atoms with Crippen LogP contribution in [-0.2, 0) is 9.59 Å². The van der Waals surface area contributed by atoms with Crippen LogP contribution in [0.1, 0.15) is 46.4 Å². The van der Waals surface area contributed by atoms with Crippen LogP contribution in [0.3, 0.4) is 0 Å². The number of rotatable bonds is 4. The summed E-state index contributed by atoms with van der Waals surface area (Å²) in [6, 6.07) is 4.39. The van der Waals surface area contributed by atoms with Crippen molar-refractivity contribution in [1.29, 1.82) is 0 Å². The molecule has 0 radical (unpaired) electrons. The van der Waals surface area contributed by atoms with Crippen LogP contribution >= 0.6 is 0 Å². The van der Waals surface area contributed by atoms with E-state index in [4.69, 9.17) is 0 Å². The molecule has 4 amide bonds. The maximum absolute atomic E-state index is 12.9. The van der Waals surface area contributed by atoms with Crippen molar-refractivity contribution in [3.8, 4) is 0 Å². The average molecular weight is 384 g/mol. The van der Waals surface area contributed by atoms with Crippen LogP contribution in [-0.4, -0.2) is 61.3 Å². The molecule has 3 aliphatic rings. The van der Waals surface area contributed by atoms with E-state index in [1.807, 2.05) is 13.1 Å². The van der Waals surface area contributed by atoms with E-state index >= 15 is 0 Å². The second-order valence-corrected chi connectivity index (χ2v) is 7.67. The smallest absolute Gasteiger partial charge is 0.262 e. The quantitative estimate of drug-likeness (QED) is 0.735. The fourth-order valence-corrected chi connectivity index (χ4v) is 4.34. The van der Waals surface area contributed by atoms with Crippen molar-refractivity contribution in [1.82, 2.24) is 15.5 Å². The molecule has 28 heavy (non-hydrogen) atoms. The minimum Gasteiger partial charge on any atom is -0.371 e. The van der Waals surface area contributed by atoms with E-state index in [-0.39, 0.29) is 18.7 Å². The van der Waals surface area contributed by atoms with Gasteiger partial charge in [0.2, 0.25) is 11.8 Å². The molecular formula is C20H24N4O4. The van der Waals surface area contributed by atoms with Gasteiger partial charge in [0.15, 0.2) is 0 Å². The standard InChI is InChI=1S/C20H24N4O4/c1-21-11-12-6-8-23(9-7-12)13-2-3-14-15(10-13)20(28)24(19(14)27)16-4-5-17(25)22-18(16)26/h2-3,10,12,16,21H,4-9,11H2,1H3,(H,22,25,26). The third-order valence-corrected chi connectivity index (χ3v) is 5.90. The molecule has 2 fully saturated rings. The Balaban J connectivity index is 1.53. The van der Waals surface area contributed by atoms with Crippen molar-refractivity contribution >= 4 is 29.3 Å². The van der Waals surface area contributed by atoms with Crippen molar-refractivity contribution in [3.63, 3.8) is 0 Å². The SMILES string of the molecule is CNCC1CCN(c2ccc3c(c2)C(=O)N(C2CCC(=O)NC2=O)C3=O)CC1. The zero-order valence-electron chi connectivity index (χ0n) is 15.9. The highest BCUT2D eigenvalue weighted by atomic mass is 16.2. The molecule has 0 saturated carbocycles. The van der Waals surface area contributed by atoms with Gasteiger partial charge in [0.05, 0.1) is 11.1 Å². The molecule has 0 bridgehead atoms. The van der Waals surface area contributed by atoms with Crippen LogP contribution in [0.2, 0.25) is 0 Å². The number of nitrogens with one attached hydrogen (secondary N) is 2. The third-order valence-electron chi connectivity index (χ3n) is 5.90. The van der Waals surface area contributed by atoms with Crippen molar-refractivity contribution in [2.45, 2.75) is 31.7 Å². The molecule has 1 aromatic carbocycles. The summed E-state index contributed by atoms with van der Waals surface area (Å²) in [6.07, 6.45) is 2.44. The summed E-state index contributed by atoms with van der Waals surface area (Å²) in [4.78, 5) is 52.4. The predicted molar refractivity (Wildman–Crippen MR) is 102 cm³/mol. The Hall–Kier alpha value is -2.74. The maximum Gasteiger partial charge on any atom is 0.262 e. The number of anilines is 1. The summed E-state index contributed by atoms with van der Waals surface area (Å²) in [5.74, 6) is -1.23. The summed E-state index contributed by atoms with van der Waals surface area (Å²) in [6.45, 7) is 2.82. The summed E-state index contributed by atoms with van der Waals surface area (Å²) in [5.41, 5.74) is 1.58. The summed E-state index contributed by atoms with van der Waals surface area (Å²) in [7, 11) is 1.96. The molecule has 2 N–H and O–H groups in total. The maximum atomic E-state index is 12.9. The first-order chi connectivity index (χ1) is 13.5. The first-order valence-electron chi connectivity index (χ1n) is 9.74. The Labute approximate surface area is 163 Å². The number of piperidine rings is 2. The molecule has 2 saturated heterocycles. The van der Waals surface area contributed by atoms with Gasteiger partial charge in [0.1, 0.15) is 6.04 Å². The second kappa shape index (κ2) is 7.35. The van der Waals surface area contributed by atoms with Gasteiger partial charge in [-0.15, -0.1) is 0 Å². The van der Waals surface area contributed by atoms with Gasteiger partial charge in [-0.05, 0) is 57.0 Å². The molecule has 1 aromatic rings. The third kappa shape index (κ3) is 3.17. The van der Waals surface area contributed by atoms with E-state index in [0.29, 0.717) is 17.0 Å². The monoisotopic (exact) mass is 384 g/mol. The molecule has 4 rings (SSSR count). The molecule has 0 spiro atoms. The number of hydrogen-bond donors (Lipinski definition) is 2. The Bertz CT molecular complexity index is 845. The number of imide groups is 2. The van der Waals surface area contributed by atoms with E-state index in [0.717, 1.165) is 43.1 Å². The molecule has 148 valence electrons. The van der Waals surface area contributed by atoms with Crippen LogP contribution in [0.15, 0.2) is 18.2 Å². The number of amides is 4. The van der Waals surface area contributed by atoms with Gasteiger partial charge in [-0.25, -0.2) is 0 Å². The van der Waals surface area contributed by atoms with Gasteiger partial charge in [-0.2, -0.15) is 0 Å². The normalized spacial score (nSPS) is 23.2. The van der Waals surface area contributed by atoms with Crippen LogP contribution in [0.5, 0.6) is 0 Å². The molecule has 3 aliphatic heterocycles. The Kier molecular flexibility index (Phi) is 4.89. The number of fused-ring (bicyclic) bond motifs is 1. The van der Waals surface area contributed by atoms with Crippen LogP contribution < -0.4 is 15.5 Å². The van der Waals surface area contributed by atoms with Gasteiger partial charge < -0.3 is 10.2 Å². The van der Waals surface area contributed by atoms with Gasteiger partial charge in [-0.1, -0.05) is 0 Å². The number of hydrogen-bond acceptors (Lipinski definition) is 6.